The van der Waals surface area contributed by atoms with Gasteiger partial charge in [0.05, 0.1) is 17.0 Å². The number of ether oxygens (including phenoxy) is 1. The second kappa shape index (κ2) is 7.79. The molecule has 3 aromatic heterocycles. The molecule has 4 N–H and O–H groups in total. The Morgan fingerprint density at radius 1 is 0.929 bits per heavy atom. The predicted molar refractivity (Wildman–Crippen MR) is 106 cm³/mol. The minimum Gasteiger partial charge on any atom is -0.487 e. The summed E-state index contributed by atoms with van der Waals surface area (Å²) in [6.45, 7) is 0.365. The molecular formula is C21H19N5O2. The summed E-state index contributed by atoms with van der Waals surface area (Å²) in [5, 5.41) is 4.13. The summed E-state index contributed by atoms with van der Waals surface area (Å²) in [4.78, 5) is 8.28. The molecule has 7 heteroatoms. The van der Waals surface area contributed by atoms with Crippen LogP contribution in [-0.4, -0.2) is 15.1 Å². The van der Waals surface area contributed by atoms with E-state index < -0.39 is 0 Å². The van der Waals surface area contributed by atoms with E-state index in [0.29, 0.717) is 30.4 Å². The highest BCUT2D eigenvalue weighted by atomic mass is 16.5. The van der Waals surface area contributed by atoms with E-state index in [2.05, 4.69) is 15.1 Å². The first-order valence-corrected chi connectivity index (χ1v) is 8.77. The van der Waals surface area contributed by atoms with Crippen molar-refractivity contribution in [3.8, 4) is 17.1 Å². The molecular weight excluding hydrogens is 354 g/mol. The van der Waals surface area contributed by atoms with E-state index in [4.69, 9.17) is 20.7 Å². The van der Waals surface area contributed by atoms with Gasteiger partial charge in [0.2, 0.25) is 0 Å². The Bertz CT molecular complexity index is 1080. The van der Waals surface area contributed by atoms with Crippen LogP contribution in [0.1, 0.15) is 17.0 Å². The largest absolute Gasteiger partial charge is 0.487 e. The Balaban J connectivity index is 1.39. The maximum Gasteiger partial charge on any atom is 0.170 e. The molecule has 0 aliphatic rings. The standard InChI is InChI=1S/C21H19N5O2/c22-20-5-1-3-15(25-20)13-27-17-8-6-14(7-9-17)11-16-12-19(28-26-16)18-4-2-10-24-21(18)23/h1-10,12H,11,13H2,(H2,22,25)(H2,23,24). The first-order valence-electron chi connectivity index (χ1n) is 8.77. The molecule has 0 saturated carbocycles. The molecule has 4 aromatic rings. The quantitative estimate of drug-likeness (QED) is 0.532. The third-order valence-electron chi connectivity index (χ3n) is 4.19. The van der Waals surface area contributed by atoms with Crippen molar-refractivity contribution < 1.29 is 9.26 Å². The van der Waals surface area contributed by atoms with Gasteiger partial charge in [0.25, 0.3) is 0 Å². The van der Waals surface area contributed by atoms with Crippen molar-refractivity contribution in [2.45, 2.75) is 13.0 Å². The van der Waals surface area contributed by atoms with Crippen molar-refractivity contribution >= 4 is 11.6 Å². The SMILES string of the molecule is Nc1cccc(COc2ccc(Cc3cc(-c4cccnc4N)on3)cc2)n1. The van der Waals surface area contributed by atoms with Crippen molar-refractivity contribution in [3.05, 3.63) is 83.8 Å². The van der Waals surface area contributed by atoms with E-state index >= 15 is 0 Å². The monoisotopic (exact) mass is 373 g/mol. The highest BCUT2D eigenvalue weighted by molar-refractivity contribution is 5.69. The zero-order chi connectivity index (χ0) is 19.3. The first kappa shape index (κ1) is 17.5. The van der Waals surface area contributed by atoms with Gasteiger partial charge in [0.1, 0.15) is 24.0 Å². The second-order valence-electron chi connectivity index (χ2n) is 6.28. The van der Waals surface area contributed by atoms with Crippen LogP contribution in [0.15, 0.2) is 71.4 Å². The molecule has 140 valence electrons. The van der Waals surface area contributed by atoms with Crippen LogP contribution in [0.2, 0.25) is 0 Å². The van der Waals surface area contributed by atoms with Gasteiger partial charge in [-0.15, -0.1) is 0 Å². The van der Waals surface area contributed by atoms with Crippen LogP contribution < -0.4 is 16.2 Å². The number of nitrogens with two attached hydrogens (primary N) is 2. The number of rotatable bonds is 6. The molecule has 7 nitrogen and oxygen atoms in total. The fraction of sp³-hybridized carbons (Fsp3) is 0.0952. The zero-order valence-corrected chi connectivity index (χ0v) is 15.1. The number of hydrogen-bond acceptors (Lipinski definition) is 7. The van der Waals surface area contributed by atoms with Gasteiger partial charge >= 0.3 is 0 Å². The molecule has 0 spiro atoms. The minimum atomic E-state index is 0.365. The summed E-state index contributed by atoms with van der Waals surface area (Å²) in [6, 6.07) is 18.9. The van der Waals surface area contributed by atoms with E-state index in [9.17, 15) is 0 Å². The van der Waals surface area contributed by atoms with Crippen molar-refractivity contribution in [2.75, 3.05) is 11.5 Å². The molecule has 0 saturated heterocycles. The van der Waals surface area contributed by atoms with Crippen molar-refractivity contribution in [1.82, 2.24) is 15.1 Å². The molecule has 0 aliphatic heterocycles. The van der Waals surface area contributed by atoms with Gasteiger partial charge in [0, 0.05) is 18.7 Å². The normalized spacial score (nSPS) is 10.7. The van der Waals surface area contributed by atoms with E-state index in [-0.39, 0.29) is 0 Å². The number of nitrogen functional groups attached to an aromatic ring is 2. The lowest BCUT2D eigenvalue weighted by Gasteiger charge is -2.07. The van der Waals surface area contributed by atoms with E-state index in [1.165, 1.54) is 0 Å². The van der Waals surface area contributed by atoms with E-state index in [1.807, 2.05) is 54.6 Å². The number of pyridine rings is 2. The van der Waals surface area contributed by atoms with Crippen molar-refractivity contribution in [3.63, 3.8) is 0 Å². The Kier molecular flexibility index (Phi) is 4.88. The molecule has 0 radical (unpaired) electrons. The summed E-state index contributed by atoms with van der Waals surface area (Å²) < 4.78 is 11.2. The molecule has 28 heavy (non-hydrogen) atoms. The lowest BCUT2D eigenvalue weighted by Crippen LogP contribution is -2.00. The van der Waals surface area contributed by atoms with Crippen LogP contribution in [0.25, 0.3) is 11.3 Å². The Morgan fingerprint density at radius 3 is 2.57 bits per heavy atom. The van der Waals surface area contributed by atoms with E-state index in [1.54, 1.807) is 12.3 Å². The average molecular weight is 373 g/mol. The minimum absolute atomic E-state index is 0.365. The fourth-order valence-electron chi connectivity index (χ4n) is 2.80. The van der Waals surface area contributed by atoms with Crippen molar-refractivity contribution in [2.24, 2.45) is 0 Å². The number of benzene rings is 1. The van der Waals surface area contributed by atoms with Gasteiger partial charge < -0.3 is 20.7 Å². The highest BCUT2D eigenvalue weighted by Gasteiger charge is 2.10. The Hall–Kier alpha value is -3.87. The van der Waals surface area contributed by atoms with Crippen LogP contribution in [0.3, 0.4) is 0 Å². The summed E-state index contributed by atoms with van der Waals surface area (Å²) in [7, 11) is 0. The second-order valence-corrected chi connectivity index (χ2v) is 6.28. The van der Waals surface area contributed by atoms with Crippen LogP contribution in [0, 0.1) is 0 Å². The summed E-state index contributed by atoms with van der Waals surface area (Å²) in [5.41, 5.74) is 15.0. The molecule has 0 aliphatic carbocycles. The highest BCUT2D eigenvalue weighted by Crippen LogP contribution is 2.25. The lowest BCUT2D eigenvalue weighted by atomic mass is 10.1. The van der Waals surface area contributed by atoms with Gasteiger partial charge in [0.15, 0.2) is 5.76 Å². The summed E-state index contributed by atoms with van der Waals surface area (Å²) in [6.07, 6.45) is 2.28. The molecule has 4 rings (SSSR count). The topological polar surface area (TPSA) is 113 Å². The lowest BCUT2D eigenvalue weighted by molar-refractivity contribution is 0.301. The molecule has 0 fully saturated rings. The Labute approximate surface area is 162 Å². The van der Waals surface area contributed by atoms with Gasteiger partial charge in [-0.1, -0.05) is 23.4 Å². The third kappa shape index (κ3) is 4.09. The fourth-order valence-corrected chi connectivity index (χ4v) is 2.80. The summed E-state index contributed by atoms with van der Waals surface area (Å²) >= 11 is 0. The Morgan fingerprint density at radius 2 is 1.79 bits per heavy atom. The zero-order valence-electron chi connectivity index (χ0n) is 15.1. The van der Waals surface area contributed by atoms with E-state index in [0.717, 1.165) is 28.3 Å². The van der Waals surface area contributed by atoms with Gasteiger partial charge in [-0.05, 0) is 42.0 Å². The van der Waals surface area contributed by atoms with Crippen LogP contribution >= 0.6 is 0 Å². The van der Waals surface area contributed by atoms with Crippen LogP contribution in [0.5, 0.6) is 5.75 Å². The van der Waals surface area contributed by atoms with Gasteiger partial charge in [-0.3, -0.25) is 0 Å². The predicted octanol–water partition coefficient (Wildman–Crippen LogP) is 3.47. The van der Waals surface area contributed by atoms with Crippen LogP contribution in [-0.2, 0) is 13.0 Å². The molecule has 0 unspecified atom stereocenters. The maximum absolute atomic E-state index is 5.89. The third-order valence-corrected chi connectivity index (χ3v) is 4.19. The number of aromatic nitrogens is 3. The smallest absolute Gasteiger partial charge is 0.170 e. The van der Waals surface area contributed by atoms with Crippen molar-refractivity contribution in [1.29, 1.82) is 0 Å². The molecule has 0 bridgehead atoms. The summed E-state index contributed by atoms with van der Waals surface area (Å²) in [5.74, 6) is 2.27. The van der Waals surface area contributed by atoms with Gasteiger partial charge in [-0.2, -0.15) is 0 Å². The molecule has 0 atom stereocenters. The molecule has 0 amide bonds. The molecule has 1 aromatic carbocycles. The maximum atomic E-state index is 5.89. The first-order chi connectivity index (χ1) is 13.7. The number of nitrogens with zero attached hydrogens (tertiary/aromatic N) is 3. The number of anilines is 2. The molecule has 3 heterocycles. The van der Waals surface area contributed by atoms with Gasteiger partial charge in [-0.25, -0.2) is 9.97 Å². The average Bonchev–Trinajstić information content (AvgIpc) is 3.16. The number of hydrogen-bond donors (Lipinski definition) is 2. The van der Waals surface area contributed by atoms with Crippen LogP contribution in [0.4, 0.5) is 11.6 Å².